The summed E-state index contributed by atoms with van der Waals surface area (Å²) in [5, 5.41) is 9.98. The molecule has 1 aromatic carbocycles. The average Bonchev–Trinajstić information content (AvgIpc) is 2.78. The highest BCUT2D eigenvalue weighted by Crippen LogP contribution is 2.13. The Labute approximate surface area is 112 Å². The van der Waals surface area contributed by atoms with Crippen LogP contribution in [0.25, 0.3) is 0 Å². The summed E-state index contributed by atoms with van der Waals surface area (Å²) in [6.07, 6.45) is 0.691. The highest BCUT2D eigenvalue weighted by Gasteiger charge is 2.16. The van der Waals surface area contributed by atoms with E-state index in [1.807, 2.05) is 38.1 Å². The number of nitrogens with zero attached hydrogens (tertiary/aromatic N) is 2. The lowest BCUT2D eigenvalue weighted by atomic mass is 9.99. The Bertz CT molecular complexity index is 560. The van der Waals surface area contributed by atoms with E-state index in [2.05, 4.69) is 20.3 Å². The van der Waals surface area contributed by atoms with E-state index in [1.54, 1.807) is 6.92 Å². The average molecular weight is 259 g/mol. The smallest absolute Gasteiger partial charge is 0.228 e. The largest absolute Gasteiger partial charge is 0.306 e. The summed E-state index contributed by atoms with van der Waals surface area (Å²) in [7, 11) is 0. The second kappa shape index (κ2) is 5.65. The molecular formula is C14H17N3O2. The van der Waals surface area contributed by atoms with Gasteiger partial charge in [-0.05, 0) is 31.0 Å². The lowest BCUT2D eigenvalue weighted by molar-refractivity contribution is -0.119. The van der Waals surface area contributed by atoms with Crippen molar-refractivity contribution in [2.24, 2.45) is 5.92 Å². The molecule has 5 nitrogen and oxygen atoms in total. The Morgan fingerprint density at radius 2 is 1.95 bits per heavy atom. The zero-order valence-electron chi connectivity index (χ0n) is 11.3. The molecule has 0 spiro atoms. The van der Waals surface area contributed by atoms with Crippen LogP contribution in [0.1, 0.15) is 23.7 Å². The molecule has 1 N–H and O–H groups in total. The van der Waals surface area contributed by atoms with E-state index in [0.29, 0.717) is 17.9 Å². The molecule has 1 amide bonds. The second-order valence-electron chi connectivity index (χ2n) is 4.78. The molecule has 0 aliphatic carbocycles. The van der Waals surface area contributed by atoms with Gasteiger partial charge in [0.1, 0.15) is 5.69 Å². The van der Waals surface area contributed by atoms with E-state index in [0.717, 1.165) is 5.56 Å². The van der Waals surface area contributed by atoms with Crippen molar-refractivity contribution in [2.45, 2.75) is 27.2 Å². The molecule has 0 aliphatic rings. The molecule has 2 aromatic rings. The number of hydrogen-bond donors (Lipinski definition) is 1. The number of rotatable bonds is 4. The molecule has 0 aliphatic heterocycles. The number of hydrogen-bond acceptors (Lipinski definition) is 4. The number of nitrogens with one attached hydrogen (secondary N) is 1. The molecule has 0 saturated heterocycles. The fraction of sp³-hybridized carbons (Fsp3) is 0.357. The van der Waals surface area contributed by atoms with Crippen LogP contribution in [-0.4, -0.2) is 16.2 Å². The predicted molar refractivity (Wildman–Crippen MR) is 71.7 cm³/mol. The fourth-order valence-electron chi connectivity index (χ4n) is 1.76. The number of anilines is 1. The maximum Gasteiger partial charge on any atom is 0.228 e. The zero-order chi connectivity index (χ0) is 13.8. The Morgan fingerprint density at radius 3 is 2.53 bits per heavy atom. The molecule has 5 heteroatoms. The molecule has 2 rings (SSSR count). The first kappa shape index (κ1) is 13.3. The number of aromatic nitrogens is 2. The van der Waals surface area contributed by atoms with Crippen molar-refractivity contribution in [3.05, 3.63) is 41.1 Å². The molecule has 1 atom stereocenters. The molecule has 1 heterocycles. The number of aryl methyl sites for hydroxylation is 2. The summed E-state index contributed by atoms with van der Waals surface area (Å²) in [5.74, 6) is 0.166. The van der Waals surface area contributed by atoms with Gasteiger partial charge in [-0.25, -0.2) is 4.63 Å². The minimum absolute atomic E-state index is 0.0839. The lowest BCUT2D eigenvalue weighted by Gasteiger charge is -2.11. The van der Waals surface area contributed by atoms with Gasteiger partial charge in [0.15, 0.2) is 5.82 Å². The maximum absolute atomic E-state index is 12.0. The van der Waals surface area contributed by atoms with Crippen LogP contribution in [0.3, 0.4) is 0 Å². The first-order valence-corrected chi connectivity index (χ1v) is 6.22. The monoisotopic (exact) mass is 259 g/mol. The molecule has 0 unspecified atom stereocenters. The first-order chi connectivity index (χ1) is 9.06. The summed E-state index contributed by atoms with van der Waals surface area (Å²) < 4.78 is 4.54. The Balaban J connectivity index is 1.96. The third-order valence-electron chi connectivity index (χ3n) is 3.00. The molecule has 19 heavy (non-hydrogen) atoms. The zero-order valence-corrected chi connectivity index (χ0v) is 11.3. The molecule has 0 fully saturated rings. The quantitative estimate of drug-likeness (QED) is 0.916. The Morgan fingerprint density at radius 1 is 1.26 bits per heavy atom. The van der Waals surface area contributed by atoms with Crippen LogP contribution < -0.4 is 5.32 Å². The van der Waals surface area contributed by atoms with Gasteiger partial charge in [0.05, 0.1) is 0 Å². The van der Waals surface area contributed by atoms with Crippen LogP contribution in [0, 0.1) is 19.8 Å². The van der Waals surface area contributed by atoms with Crippen LogP contribution in [0.4, 0.5) is 5.82 Å². The van der Waals surface area contributed by atoms with E-state index in [4.69, 9.17) is 0 Å². The highest BCUT2D eigenvalue weighted by atomic mass is 16.6. The molecule has 1 aromatic heterocycles. The van der Waals surface area contributed by atoms with Crippen LogP contribution >= 0.6 is 0 Å². The first-order valence-electron chi connectivity index (χ1n) is 6.22. The van der Waals surface area contributed by atoms with Crippen molar-refractivity contribution in [1.29, 1.82) is 0 Å². The van der Waals surface area contributed by atoms with Crippen molar-refractivity contribution < 1.29 is 9.42 Å². The SMILES string of the molecule is Cc1ccc(C[C@@H](C)C(=O)Nc2nonc2C)cc1. The lowest BCUT2D eigenvalue weighted by Crippen LogP contribution is -2.22. The number of carbonyl (C=O) groups excluding carboxylic acids is 1. The van der Waals surface area contributed by atoms with E-state index < -0.39 is 0 Å². The number of carbonyl (C=O) groups is 1. The van der Waals surface area contributed by atoms with Gasteiger partial charge in [-0.15, -0.1) is 0 Å². The van der Waals surface area contributed by atoms with Crippen molar-refractivity contribution in [2.75, 3.05) is 5.32 Å². The summed E-state index contributed by atoms with van der Waals surface area (Å²) in [5.41, 5.74) is 2.93. The molecule has 0 radical (unpaired) electrons. The van der Waals surface area contributed by atoms with E-state index in [-0.39, 0.29) is 11.8 Å². The van der Waals surface area contributed by atoms with Crippen LogP contribution in [-0.2, 0) is 11.2 Å². The Kier molecular flexibility index (Phi) is 3.94. The normalized spacial score (nSPS) is 12.2. The predicted octanol–water partition coefficient (Wildman–Crippen LogP) is 2.50. The summed E-state index contributed by atoms with van der Waals surface area (Å²) in [4.78, 5) is 12.0. The molecular weight excluding hydrogens is 242 g/mol. The van der Waals surface area contributed by atoms with Crippen molar-refractivity contribution in [1.82, 2.24) is 10.3 Å². The fourth-order valence-corrected chi connectivity index (χ4v) is 1.76. The summed E-state index contributed by atoms with van der Waals surface area (Å²) >= 11 is 0. The van der Waals surface area contributed by atoms with Crippen molar-refractivity contribution in [3.63, 3.8) is 0 Å². The van der Waals surface area contributed by atoms with Gasteiger partial charge < -0.3 is 5.32 Å². The van der Waals surface area contributed by atoms with Gasteiger partial charge >= 0.3 is 0 Å². The third-order valence-corrected chi connectivity index (χ3v) is 3.00. The van der Waals surface area contributed by atoms with Gasteiger partial charge in [-0.3, -0.25) is 4.79 Å². The van der Waals surface area contributed by atoms with Crippen LogP contribution in [0.15, 0.2) is 28.9 Å². The topological polar surface area (TPSA) is 68.0 Å². The van der Waals surface area contributed by atoms with Gasteiger partial charge in [0.25, 0.3) is 0 Å². The van der Waals surface area contributed by atoms with Gasteiger partial charge in [0.2, 0.25) is 5.91 Å². The summed E-state index contributed by atoms with van der Waals surface area (Å²) in [6, 6.07) is 8.18. The van der Waals surface area contributed by atoms with E-state index in [1.165, 1.54) is 5.56 Å². The number of amides is 1. The molecule has 100 valence electrons. The van der Waals surface area contributed by atoms with Crippen LogP contribution in [0.5, 0.6) is 0 Å². The third kappa shape index (κ3) is 3.40. The van der Waals surface area contributed by atoms with E-state index in [9.17, 15) is 4.79 Å². The van der Waals surface area contributed by atoms with Gasteiger partial charge in [-0.2, -0.15) is 0 Å². The standard InChI is InChI=1S/C14H17N3O2/c1-9-4-6-12(7-5-9)8-10(2)14(18)15-13-11(3)16-19-17-13/h4-7,10H,8H2,1-3H3,(H,15,17,18)/t10-/m1/s1. The van der Waals surface area contributed by atoms with Gasteiger partial charge in [0, 0.05) is 5.92 Å². The minimum Gasteiger partial charge on any atom is -0.306 e. The van der Waals surface area contributed by atoms with E-state index >= 15 is 0 Å². The Hall–Kier alpha value is -2.17. The number of benzene rings is 1. The summed E-state index contributed by atoms with van der Waals surface area (Å²) in [6.45, 7) is 5.66. The van der Waals surface area contributed by atoms with Gasteiger partial charge in [-0.1, -0.05) is 41.9 Å². The van der Waals surface area contributed by atoms with Crippen molar-refractivity contribution >= 4 is 11.7 Å². The minimum atomic E-state index is -0.140. The molecule has 0 bridgehead atoms. The maximum atomic E-state index is 12.0. The molecule has 0 saturated carbocycles. The highest BCUT2D eigenvalue weighted by molar-refractivity contribution is 5.91. The van der Waals surface area contributed by atoms with Crippen LogP contribution in [0.2, 0.25) is 0 Å². The second-order valence-corrected chi connectivity index (χ2v) is 4.78. The van der Waals surface area contributed by atoms with Crippen molar-refractivity contribution in [3.8, 4) is 0 Å².